The van der Waals surface area contributed by atoms with Crippen LogP contribution < -0.4 is 0 Å². The highest BCUT2D eigenvalue weighted by Crippen LogP contribution is 2.27. The number of fused-ring (bicyclic) bond motifs is 1. The molecule has 2 aromatic rings. The minimum absolute atomic E-state index is 0.0685. The van der Waals surface area contributed by atoms with Crippen LogP contribution in [0.2, 0.25) is 0 Å². The molecule has 2 aliphatic rings. The van der Waals surface area contributed by atoms with Gasteiger partial charge in [0.2, 0.25) is 0 Å². The van der Waals surface area contributed by atoms with E-state index in [1.54, 1.807) is 18.2 Å². The summed E-state index contributed by atoms with van der Waals surface area (Å²) in [5.74, 6) is -0.727. The SMILES string of the molecule is CN1C(=O)c2ccc(C(=O)N3CCC[C@@H]3Cc3ccccc3)cc2C1=O. The second kappa shape index (κ2) is 6.41. The molecule has 0 unspecified atom stereocenters. The van der Waals surface area contributed by atoms with Crippen LogP contribution in [0, 0.1) is 0 Å². The Morgan fingerprint density at radius 1 is 1.04 bits per heavy atom. The molecule has 0 aromatic heterocycles. The predicted octanol–water partition coefficient (Wildman–Crippen LogP) is 2.76. The lowest BCUT2D eigenvalue weighted by molar-refractivity contribution is 0.0692. The van der Waals surface area contributed by atoms with Crippen molar-refractivity contribution < 1.29 is 14.4 Å². The second-order valence-corrected chi connectivity index (χ2v) is 6.91. The van der Waals surface area contributed by atoms with Gasteiger partial charge in [-0.3, -0.25) is 19.3 Å². The van der Waals surface area contributed by atoms with Gasteiger partial charge in [-0.25, -0.2) is 0 Å². The van der Waals surface area contributed by atoms with Crippen LogP contribution in [0.1, 0.15) is 49.5 Å². The van der Waals surface area contributed by atoms with Crippen molar-refractivity contribution >= 4 is 17.7 Å². The van der Waals surface area contributed by atoms with Gasteiger partial charge in [0.1, 0.15) is 0 Å². The fourth-order valence-corrected chi connectivity index (χ4v) is 3.86. The largest absolute Gasteiger partial charge is 0.335 e. The summed E-state index contributed by atoms with van der Waals surface area (Å²) in [4.78, 5) is 40.2. The van der Waals surface area contributed by atoms with Crippen LogP contribution >= 0.6 is 0 Å². The van der Waals surface area contributed by atoms with Gasteiger partial charge in [-0.15, -0.1) is 0 Å². The van der Waals surface area contributed by atoms with Crippen LogP contribution in [0.3, 0.4) is 0 Å². The minimum atomic E-state index is -0.345. The number of imide groups is 1. The molecule has 1 saturated heterocycles. The average Bonchev–Trinajstić information content (AvgIpc) is 3.21. The van der Waals surface area contributed by atoms with Gasteiger partial charge in [-0.05, 0) is 43.0 Å². The molecule has 2 heterocycles. The van der Waals surface area contributed by atoms with Gasteiger partial charge in [-0.2, -0.15) is 0 Å². The maximum atomic E-state index is 13.0. The molecule has 5 nitrogen and oxygen atoms in total. The number of carbonyl (C=O) groups is 3. The Hall–Kier alpha value is -2.95. The summed E-state index contributed by atoms with van der Waals surface area (Å²) in [6.07, 6.45) is 2.79. The van der Waals surface area contributed by atoms with E-state index >= 15 is 0 Å². The summed E-state index contributed by atoms with van der Waals surface area (Å²) in [5.41, 5.74) is 2.38. The Balaban J connectivity index is 1.58. The van der Waals surface area contributed by atoms with Crippen LogP contribution in [-0.2, 0) is 6.42 Å². The number of hydrogen-bond donors (Lipinski definition) is 0. The summed E-state index contributed by atoms with van der Waals surface area (Å²) >= 11 is 0. The van der Waals surface area contributed by atoms with Gasteiger partial charge in [0.05, 0.1) is 11.1 Å². The quantitative estimate of drug-likeness (QED) is 0.802. The monoisotopic (exact) mass is 348 g/mol. The van der Waals surface area contributed by atoms with E-state index in [4.69, 9.17) is 0 Å². The van der Waals surface area contributed by atoms with Crippen LogP contribution in [0.5, 0.6) is 0 Å². The summed E-state index contributed by atoms with van der Waals surface area (Å²) < 4.78 is 0. The van der Waals surface area contributed by atoms with E-state index in [9.17, 15) is 14.4 Å². The molecule has 0 N–H and O–H groups in total. The number of rotatable bonds is 3. The fraction of sp³-hybridized carbons (Fsp3) is 0.286. The number of benzene rings is 2. The maximum Gasteiger partial charge on any atom is 0.261 e. The lowest BCUT2D eigenvalue weighted by Gasteiger charge is -2.25. The summed E-state index contributed by atoms with van der Waals surface area (Å²) in [6.45, 7) is 0.722. The number of carbonyl (C=O) groups excluding carboxylic acids is 3. The van der Waals surface area contributed by atoms with E-state index < -0.39 is 0 Å². The van der Waals surface area contributed by atoms with E-state index in [0.717, 1.165) is 30.7 Å². The Kier molecular flexibility index (Phi) is 4.07. The third-order valence-corrected chi connectivity index (χ3v) is 5.29. The molecule has 4 rings (SSSR count). The van der Waals surface area contributed by atoms with Gasteiger partial charge in [-0.1, -0.05) is 30.3 Å². The highest BCUT2D eigenvalue weighted by atomic mass is 16.2. The number of amides is 3. The van der Waals surface area contributed by atoms with Crippen LogP contribution in [0.4, 0.5) is 0 Å². The smallest absolute Gasteiger partial charge is 0.261 e. The van der Waals surface area contributed by atoms with E-state index in [1.807, 2.05) is 23.1 Å². The second-order valence-electron chi connectivity index (χ2n) is 6.91. The molecule has 0 spiro atoms. The first-order valence-corrected chi connectivity index (χ1v) is 8.87. The number of nitrogens with zero attached hydrogens (tertiary/aromatic N) is 2. The maximum absolute atomic E-state index is 13.0. The zero-order valence-corrected chi connectivity index (χ0v) is 14.6. The summed E-state index contributed by atoms with van der Waals surface area (Å²) in [5, 5.41) is 0. The average molecular weight is 348 g/mol. The van der Waals surface area contributed by atoms with Crippen molar-refractivity contribution in [3.63, 3.8) is 0 Å². The van der Waals surface area contributed by atoms with Crippen LogP contribution in [-0.4, -0.2) is 47.2 Å². The van der Waals surface area contributed by atoms with Crippen LogP contribution in [0.15, 0.2) is 48.5 Å². The third-order valence-electron chi connectivity index (χ3n) is 5.29. The van der Waals surface area contributed by atoms with E-state index in [2.05, 4.69) is 12.1 Å². The standard InChI is InChI=1S/C21H20N2O3/c1-22-20(25)17-10-9-15(13-18(17)21(22)26)19(24)23-11-5-8-16(23)12-14-6-3-2-4-7-14/h2-4,6-7,9-10,13,16H,5,8,11-12H2,1H3/t16-/m1/s1. The van der Waals surface area contributed by atoms with E-state index in [1.165, 1.54) is 12.6 Å². The molecule has 0 bridgehead atoms. The fourth-order valence-electron chi connectivity index (χ4n) is 3.86. The summed E-state index contributed by atoms with van der Waals surface area (Å²) in [7, 11) is 1.46. The van der Waals surface area contributed by atoms with Gasteiger partial charge < -0.3 is 4.90 Å². The Labute approximate surface area is 152 Å². The lowest BCUT2D eigenvalue weighted by atomic mass is 10.0. The molecule has 3 amide bonds. The van der Waals surface area contributed by atoms with Crippen LogP contribution in [0.25, 0.3) is 0 Å². The van der Waals surface area contributed by atoms with E-state index in [0.29, 0.717) is 16.7 Å². The van der Waals surface area contributed by atoms with Crippen molar-refractivity contribution in [1.82, 2.24) is 9.80 Å². The van der Waals surface area contributed by atoms with Gasteiger partial charge in [0, 0.05) is 25.2 Å². The highest BCUT2D eigenvalue weighted by Gasteiger charge is 2.35. The molecular formula is C21H20N2O3. The summed E-state index contributed by atoms with van der Waals surface area (Å²) in [6, 6.07) is 15.1. The van der Waals surface area contributed by atoms with Gasteiger partial charge >= 0.3 is 0 Å². The van der Waals surface area contributed by atoms with Gasteiger partial charge in [0.15, 0.2) is 0 Å². The molecule has 0 saturated carbocycles. The number of likely N-dealkylation sites (tertiary alicyclic amines) is 1. The zero-order chi connectivity index (χ0) is 18.3. The minimum Gasteiger partial charge on any atom is -0.335 e. The molecule has 132 valence electrons. The lowest BCUT2D eigenvalue weighted by Crippen LogP contribution is -2.36. The van der Waals surface area contributed by atoms with Crippen molar-refractivity contribution in [3.8, 4) is 0 Å². The van der Waals surface area contributed by atoms with Crippen molar-refractivity contribution in [1.29, 1.82) is 0 Å². The molecule has 2 aromatic carbocycles. The van der Waals surface area contributed by atoms with Crippen molar-refractivity contribution in [3.05, 3.63) is 70.8 Å². The third kappa shape index (κ3) is 2.69. The first-order valence-electron chi connectivity index (χ1n) is 8.87. The Morgan fingerprint density at radius 2 is 1.77 bits per heavy atom. The highest BCUT2D eigenvalue weighted by molar-refractivity contribution is 6.21. The first kappa shape index (κ1) is 16.5. The van der Waals surface area contributed by atoms with Crippen molar-refractivity contribution in [2.75, 3.05) is 13.6 Å². The molecule has 1 fully saturated rings. The molecule has 26 heavy (non-hydrogen) atoms. The molecular weight excluding hydrogens is 328 g/mol. The van der Waals surface area contributed by atoms with Crippen molar-refractivity contribution in [2.45, 2.75) is 25.3 Å². The van der Waals surface area contributed by atoms with Gasteiger partial charge in [0.25, 0.3) is 17.7 Å². The Morgan fingerprint density at radius 3 is 2.54 bits per heavy atom. The normalized spacial score (nSPS) is 19.2. The molecule has 5 heteroatoms. The topological polar surface area (TPSA) is 57.7 Å². The molecule has 0 aliphatic carbocycles. The molecule has 0 radical (unpaired) electrons. The van der Waals surface area contributed by atoms with Crippen molar-refractivity contribution in [2.24, 2.45) is 0 Å². The molecule has 2 aliphatic heterocycles. The number of hydrogen-bond acceptors (Lipinski definition) is 3. The first-order chi connectivity index (χ1) is 12.6. The Bertz CT molecular complexity index is 891. The predicted molar refractivity (Wildman–Crippen MR) is 97.1 cm³/mol. The molecule has 1 atom stereocenters. The zero-order valence-electron chi connectivity index (χ0n) is 14.6. The van der Waals surface area contributed by atoms with E-state index in [-0.39, 0.29) is 23.8 Å².